The van der Waals surface area contributed by atoms with Crippen LogP contribution >= 0.6 is 0 Å². The molecule has 3 aromatic carbocycles. The Morgan fingerprint density at radius 3 is 2.39 bits per heavy atom. The SMILES string of the molecule is COc1ccc(C(=O)N2CC[C@H]3Oc4ccc(cc4)CNC(=O)CCc4ccc(c(OC)c4)OCC(=O)N[C@@H]3C2)c(OC)c1. The molecule has 1 fully saturated rings. The summed E-state index contributed by atoms with van der Waals surface area (Å²) in [6, 6.07) is 17.4. The van der Waals surface area contributed by atoms with Crippen LogP contribution in [-0.4, -0.2) is 75.8 Å². The minimum absolute atomic E-state index is 0.0629. The monoisotopic (exact) mass is 603 g/mol. The van der Waals surface area contributed by atoms with E-state index in [0.717, 1.165) is 11.1 Å². The molecule has 4 bridgehead atoms. The molecule has 0 aliphatic carbocycles. The molecule has 0 unspecified atom stereocenters. The standard InChI is InChI=1S/C33H37N3O8/c1-40-24-10-11-25(29(17-24)41-2)33(39)36-15-14-27-26(19-36)35-32(38)20-43-28-12-6-21(16-30(28)42-3)7-13-31(37)34-18-22-4-8-23(44-27)9-5-22/h4-6,8-12,16-17,26-27H,7,13-15,18-20H2,1-3H3,(H,34,37)(H,35,38)/t26-,27-/m1/s1. The number of hydrogen-bond acceptors (Lipinski definition) is 8. The number of piperidine rings is 1. The average molecular weight is 604 g/mol. The van der Waals surface area contributed by atoms with E-state index in [-0.39, 0.29) is 30.9 Å². The number of carbonyl (C=O) groups excluding carboxylic acids is 3. The first-order valence-electron chi connectivity index (χ1n) is 14.5. The summed E-state index contributed by atoms with van der Waals surface area (Å²) in [6.45, 7) is 0.751. The molecule has 2 N–H and O–H groups in total. The average Bonchev–Trinajstić information content (AvgIpc) is 3.05. The minimum atomic E-state index is -0.526. The van der Waals surface area contributed by atoms with Gasteiger partial charge in [-0.1, -0.05) is 18.2 Å². The van der Waals surface area contributed by atoms with Gasteiger partial charge in [0.2, 0.25) is 5.91 Å². The molecule has 11 heteroatoms. The molecule has 5 aliphatic heterocycles. The zero-order chi connectivity index (χ0) is 31.1. The summed E-state index contributed by atoms with van der Waals surface area (Å²) in [6.07, 6.45) is 0.908. The van der Waals surface area contributed by atoms with E-state index in [9.17, 15) is 14.4 Å². The van der Waals surface area contributed by atoms with Crippen LogP contribution in [0.2, 0.25) is 0 Å². The van der Waals surface area contributed by atoms with E-state index < -0.39 is 12.1 Å². The fourth-order valence-corrected chi connectivity index (χ4v) is 5.33. The van der Waals surface area contributed by atoms with Crippen molar-refractivity contribution in [2.24, 2.45) is 0 Å². The number of hydrogen-bond donors (Lipinski definition) is 2. The van der Waals surface area contributed by atoms with Gasteiger partial charge in [0.25, 0.3) is 11.8 Å². The summed E-state index contributed by atoms with van der Waals surface area (Å²) in [4.78, 5) is 41.0. The molecule has 0 spiro atoms. The van der Waals surface area contributed by atoms with Gasteiger partial charge in [-0.2, -0.15) is 0 Å². The molecule has 3 aromatic rings. The Morgan fingerprint density at radius 2 is 1.64 bits per heavy atom. The highest BCUT2D eigenvalue weighted by Crippen LogP contribution is 2.30. The Hall–Kier alpha value is -4.93. The molecule has 11 nitrogen and oxygen atoms in total. The van der Waals surface area contributed by atoms with Crippen molar-refractivity contribution in [2.75, 3.05) is 41.0 Å². The molecular formula is C33H37N3O8. The van der Waals surface area contributed by atoms with Gasteiger partial charge < -0.3 is 39.2 Å². The van der Waals surface area contributed by atoms with Gasteiger partial charge >= 0.3 is 0 Å². The van der Waals surface area contributed by atoms with Gasteiger partial charge in [0.1, 0.15) is 23.4 Å². The van der Waals surface area contributed by atoms with Crippen molar-refractivity contribution in [3.63, 3.8) is 0 Å². The highest BCUT2D eigenvalue weighted by atomic mass is 16.5. The van der Waals surface area contributed by atoms with Crippen LogP contribution in [0.15, 0.2) is 60.7 Å². The number of ether oxygens (including phenoxy) is 5. The number of methoxy groups -OCH3 is 3. The predicted molar refractivity (Wildman–Crippen MR) is 162 cm³/mol. The number of benzene rings is 3. The van der Waals surface area contributed by atoms with Gasteiger partial charge in [-0.25, -0.2) is 0 Å². The van der Waals surface area contributed by atoms with E-state index in [1.165, 1.54) is 14.2 Å². The summed E-state index contributed by atoms with van der Waals surface area (Å²) in [7, 11) is 4.57. The quantitative estimate of drug-likeness (QED) is 0.466. The Labute approximate surface area is 256 Å². The van der Waals surface area contributed by atoms with Crippen LogP contribution in [0.5, 0.6) is 28.7 Å². The molecule has 3 amide bonds. The van der Waals surface area contributed by atoms with Crippen molar-refractivity contribution in [1.82, 2.24) is 15.5 Å². The normalized spacial score (nSPS) is 19.0. The summed E-state index contributed by atoms with van der Waals surface area (Å²) in [5.41, 5.74) is 2.24. The molecule has 0 radical (unpaired) electrons. The van der Waals surface area contributed by atoms with Gasteiger partial charge in [-0.05, 0) is 53.9 Å². The topological polar surface area (TPSA) is 125 Å². The second-order valence-corrected chi connectivity index (χ2v) is 10.6. The third-order valence-corrected chi connectivity index (χ3v) is 7.75. The van der Waals surface area contributed by atoms with E-state index >= 15 is 0 Å². The first kappa shape index (κ1) is 30.5. The van der Waals surface area contributed by atoms with Crippen LogP contribution in [0.25, 0.3) is 0 Å². The van der Waals surface area contributed by atoms with Gasteiger partial charge in [-0.3, -0.25) is 14.4 Å². The van der Waals surface area contributed by atoms with Crippen molar-refractivity contribution in [3.05, 3.63) is 77.4 Å². The summed E-state index contributed by atoms with van der Waals surface area (Å²) in [5, 5.41) is 5.98. The second kappa shape index (κ2) is 14.0. The van der Waals surface area contributed by atoms with E-state index in [1.807, 2.05) is 30.3 Å². The molecular weight excluding hydrogens is 566 g/mol. The third-order valence-electron chi connectivity index (χ3n) is 7.75. The number of likely N-dealkylation sites (tertiary alicyclic amines) is 1. The molecule has 44 heavy (non-hydrogen) atoms. The van der Waals surface area contributed by atoms with Gasteiger partial charge in [0.15, 0.2) is 18.1 Å². The lowest BCUT2D eigenvalue weighted by Crippen LogP contribution is -2.58. The lowest BCUT2D eigenvalue weighted by molar-refractivity contribution is -0.125. The maximum Gasteiger partial charge on any atom is 0.258 e. The molecule has 2 atom stereocenters. The lowest BCUT2D eigenvalue weighted by Gasteiger charge is -2.39. The van der Waals surface area contributed by atoms with E-state index in [2.05, 4.69) is 10.6 Å². The highest BCUT2D eigenvalue weighted by molar-refractivity contribution is 5.97. The van der Waals surface area contributed by atoms with E-state index in [0.29, 0.717) is 66.7 Å². The second-order valence-electron chi connectivity index (χ2n) is 10.6. The molecule has 0 saturated carbocycles. The molecule has 5 aliphatic rings. The number of rotatable bonds is 4. The van der Waals surface area contributed by atoms with Crippen LogP contribution in [0.4, 0.5) is 0 Å². The van der Waals surface area contributed by atoms with Crippen molar-refractivity contribution in [1.29, 1.82) is 0 Å². The van der Waals surface area contributed by atoms with E-state index in [4.69, 9.17) is 23.7 Å². The van der Waals surface area contributed by atoms with Gasteiger partial charge in [-0.15, -0.1) is 0 Å². The number of nitrogens with zero attached hydrogens (tertiary/aromatic N) is 1. The summed E-state index contributed by atoms with van der Waals surface area (Å²) < 4.78 is 28.4. The van der Waals surface area contributed by atoms with Crippen LogP contribution in [0.1, 0.15) is 34.3 Å². The fourth-order valence-electron chi connectivity index (χ4n) is 5.33. The molecule has 0 aromatic heterocycles. The minimum Gasteiger partial charge on any atom is -0.497 e. The Morgan fingerprint density at radius 1 is 0.864 bits per heavy atom. The van der Waals surface area contributed by atoms with Crippen LogP contribution in [-0.2, 0) is 22.6 Å². The number of amides is 3. The van der Waals surface area contributed by atoms with Crippen molar-refractivity contribution >= 4 is 17.7 Å². The summed E-state index contributed by atoms with van der Waals surface area (Å²) >= 11 is 0. The Balaban J connectivity index is 1.38. The zero-order valence-electron chi connectivity index (χ0n) is 25.1. The third kappa shape index (κ3) is 7.34. The maximum absolute atomic E-state index is 13.6. The summed E-state index contributed by atoms with van der Waals surface area (Å²) in [5.74, 6) is 1.81. The number of aryl methyl sites for hydroxylation is 1. The number of carbonyl (C=O) groups is 3. The lowest BCUT2D eigenvalue weighted by atomic mass is 10.00. The highest BCUT2D eigenvalue weighted by Gasteiger charge is 2.35. The van der Waals surface area contributed by atoms with E-state index in [1.54, 1.807) is 42.3 Å². The molecule has 8 rings (SSSR count). The number of nitrogens with one attached hydrogen (secondary N) is 2. The largest absolute Gasteiger partial charge is 0.497 e. The fraction of sp³-hybridized carbons (Fsp3) is 0.364. The Bertz CT molecular complexity index is 1490. The van der Waals surface area contributed by atoms with Crippen LogP contribution < -0.4 is 34.3 Å². The van der Waals surface area contributed by atoms with Gasteiger partial charge in [0.05, 0.1) is 32.9 Å². The Kier molecular flexibility index (Phi) is 9.73. The maximum atomic E-state index is 13.6. The van der Waals surface area contributed by atoms with Crippen LogP contribution in [0, 0.1) is 0 Å². The predicted octanol–water partition coefficient (Wildman–Crippen LogP) is 3.13. The molecule has 232 valence electrons. The first-order chi connectivity index (χ1) is 21.4. The first-order valence-corrected chi connectivity index (χ1v) is 14.5. The van der Waals surface area contributed by atoms with Crippen molar-refractivity contribution < 1.29 is 38.1 Å². The van der Waals surface area contributed by atoms with Crippen LogP contribution in [0.3, 0.4) is 0 Å². The zero-order valence-corrected chi connectivity index (χ0v) is 25.1. The van der Waals surface area contributed by atoms with Crippen molar-refractivity contribution in [2.45, 2.75) is 38.0 Å². The smallest absolute Gasteiger partial charge is 0.258 e. The van der Waals surface area contributed by atoms with Crippen molar-refractivity contribution in [3.8, 4) is 28.7 Å². The van der Waals surface area contributed by atoms with Gasteiger partial charge in [0, 0.05) is 38.5 Å². The molecule has 5 heterocycles. The molecule has 1 saturated heterocycles.